The lowest BCUT2D eigenvalue weighted by molar-refractivity contribution is 0.654. The summed E-state index contributed by atoms with van der Waals surface area (Å²) in [7, 11) is 0. The first-order chi connectivity index (χ1) is 20.5. The number of furan rings is 1. The molecule has 0 N–H and O–H groups in total. The minimum atomic E-state index is 0.633. The first kappa shape index (κ1) is 24.5. The fourth-order valence-corrected chi connectivity index (χ4v) is 6.27. The van der Waals surface area contributed by atoms with E-state index in [4.69, 9.17) is 19.4 Å². The van der Waals surface area contributed by atoms with Crippen LogP contribution < -0.4 is 0 Å². The van der Waals surface area contributed by atoms with Crippen molar-refractivity contribution in [1.82, 2.24) is 19.5 Å². The maximum atomic E-state index is 6.61. The Morgan fingerprint density at radius 2 is 1.38 bits per heavy atom. The van der Waals surface area contributed by atoms with Crippen LogP contribution in [0.5, 0.6) is 0 Å². The van der Waals surface area contributed by atoms with Crippen LogP contribution >= 0.6 is 0 Å². The normalized spacial score (nSPS) is 11.8. The standard InChI is InChI=1S/C37H28N4O/c1-22-9-7-10-23(2)33(22)31-18-17-27-26-13-8-14-29(35(26)42-37(27)40-31)36-39-32-20-19-30-28(16-15-24(3)38-30)34(32)41(36)21-25-11-5-4-6-12-25/h4-20H,21H2,1-3H3. The number of aryl methyl sites for hydroxylation is 3. The molecule has 4 aromatic carbocycles. The Labute approximate surface area is 243 Å². The molecule has 0 fully saturated rings. The molecule has 0 unspecified atom stereocenters. The molecular weight excluding hydrogens is 516 g/mol. The smallest absolute Gasteiger partial charge is 0.227 e. The largest absolute Gasteiger partial charge is 0.437 e. The first-order valence-electron chi connectivity index (χ1n) is 14.2. The van der Waals surface area contributed by atoms with E-state index in [1.54, 1.807) is 0 Å². The topological polar surface area (TPSA) is 56.7 Å². The molecule has 0 atom stereocenters. The average Bonchev–Trinajstić information content (AvgIpc) is 3.55. The van der Waals surface area contributed by atoms with Gasteiger partial charge in [0.1, 0.15) is 11.4 Å². The molecule has 202 valence electrons. The number of hydrogen-bond donors (Lipinski definition) is 0. The summed E-state index contributed by atoms with van der Waals surface area (Å²) in [5.74, 6) is 0.863. The second kappa shape index (κ2) is 9.38. The third kappa shape index (κ3) is 3.81. The predicted molar refractivity (Wildman–Crippen MR) is 171 cm³/mol. The van der Waals surface area contributed by atoms with Gasteiger partial charge in [-0.05, 0) is 79.9 Å². The minimum absolute atomic E-state index is 0.633. The Bertz CT molecular complexity index is 2290. The van der Waals surface area contributed by atoms with Crippen molar-refractivity contribution in [2.75, 3.05) is 0 Å². The number of benzene rings is 4. The molecule has 4 heterocycles. The summed E-state index contributed by atoms with van der Waals surface area (Å²) < 4.78 is 8.91. The molecule has 0 aliphatic carbocycles. The zero-order valence-corrected chi connectivity index (χ0v) is 23.7. The Balaban J connectivity index is 1.39. The Morgan fingerprint density at radius 1 is 0.619 bits per heavy atom. The fraction of sp³-hybridized carbons (Fsp3) is 0.108. The maximum absolute atomic E-state index is 6.61. The van der Waals surface area contributed by atoms with Crippen molar-refractivity contribution in [2.24, 2.45) is 0 Å². The lowest BCUT2D eigenvalue weighted by Crippen LogP contribution is -2.03. The van der Waals surface area contributed by atoms with E-state index in [1.165, 1.54) is 16.7 Å². The molecule has 0 radical (unpaired) electrons. The Hall–Kier alpha value is -5.29. The highest BCUT2D eigenvalue weighted by atomic mass is 16.3. The molecule has 0 aliphatic rings. The molecule has 4 aromatic heterocycles. The second-order valence-corrected chi connectivity index (χ2v) is 11.1. The number of para-hydroxylation sites is 1. The minimum Gasteiger partial charge on any atom is -0.437 e. The van der Waals surface area contributed by atoms with Gasteiger partial charge in [0.2, 0.25) is 5.71 Å². The van der Waals surface area contributed by atoms with E-state index in [2.05, 4.69) is 115 Å². The SMILES string of the molecule is Cc1ccc2c(ccc3nc(-c4cccc5c4oc4nc(-c6c(C)cccc6C)ccc45)n(Cc4ccccc4)c32)n1. The van der Waals surface area contributed by atoms with Gasteiger partial charge in [0.05, 0.1) is 27.8 Å². The van der Waals surface area contributed by atoms with Crippen molar-refractivity contribution in [3.05, 3.63) is 126 Å². The van der Waals surface area contributed by atoms with E-state index in [0.29, 0.717) is 12.3 Å². The van der Waals surface area contributed by atoms with Crippen molar-refractivity contribution in [1.29, 1.82) is 0 Å². The molecule has 5 nitrogen and oxygen atoms in total. The lowest BCUT2D eigenvalue weighted by atomic mass is 9.99. The van der Waals surface area contributed by atoms with E-state index < -0.39 is 0 Å². The predicted octanol–water partition coefficient (Wildman–Crippen LogP) is 9.19. The van der Waals surface area contributed by atoms with E-state index in [0.717, 1.165) is 66.6 Å². The van der Waals surface area contributed by atoms with Crippen LogP contribution in [0.1, 0.15) is 22.4 Å². The summed E-state index contributed by atoms with van der Waals surface area (Å²) in [6.45, 7) is 6.95. The number of hydrogen-bond acceptors (Lipinski definition) is 4. The van der Waals surface area contributed by atoms with Gasteiger partial charge in [0.15, 0.2) is 0 Å². The molecule has 8 rings (SSSR count). The Kier molecular flexibility index (Phi) is 5.47. The van der Waals surface area contributed by atoms with Gasteiger partial charge in [-0.25, -0.2) is 9.97 Å². The second-order valence-electron chi connectivity index (χ2n) is 11.1. The number of rotatable bonds is 4. The van der Waals surface area contributed by atoms with Gasteiger partial charge < -0.3 is 8.98 Å². The molecule has 8 aromatic rings. The van der Waals surface area contributed by atoms with E-state index in [9.17, 15) is 0 Å². The van der Waals surface area contributed by atoms with Gasteiger partial charge >= 0.3 is 0 Å². The zero-order chi connectivity index (χ0) is 28.4. The molecular formula is C37H28N4O. The lowest BCUT2D eigenvalue weighted by Gasteiger charge is -2.11. The quantitative estimate of drug-likeness (QED) is 0.222. The zero-order valence-electron chi connectivity index (χ0n) is 23.7. The summed E-state index contributed by atoms with van der Waals surface area (Å²) in [6, 6.07) is 35.8. The van der Waals surface area contributed by atoms with Gasteiger partial charge in [-0.1, -0.05) is 60.7 Å². The molecule has 5 heteroatoms. The third-order valence-electron chi connectivity index (χ3n) is 8.24. The van der Waals surface area contributed by atoms with Gasteiger partial charge in [-0.15, -0.1) is 0 Å². The third-order valence-corrected chi connectivity index (χ3v) is 8.24. The van der Waals surface area contributed by atoms with Crippen LogP contribution in [-0.2, 0) is 6.54 Å². The summed E-state index contributed by atoms with van der Waals surface area (Å²) >= 11 is 0. The van der Waals surface area contributed by atoms with Crippen LogP contribution in [0.2, 0.25) is 0 Å². The fourth-order valence-electron chi connectivity index (χ4n) is 6.27. The summed E-state index contributed by atoms with van der Waals surface area (Å²) in [5.41, 5.74) is 12.0. The van der Waals surface area contributed by atoms with Crippen LogP contribution in [0.25, 0.3) is 66.7 Å². The van der Waals surface area contributed by atoms with Crippen LogP contribution in [0.4, 0.5) is 0 Å². The number of fused-ring (bicyclic) bond motifs is 6. The number of pyridine rings is 2. The molecule has 0 saturated carbocycles. The highest BCUT2D eigenvalue weighted by molar-refractivity contribution is 6.10. The highest BCUT2D eigenvalue weighted by Gasteiger charge is 2.21. The van der Waals surface area contributed by atoms with E-state index >= 15 is 0 Å². The van der Waals surface area contributed by atoms with Crippen LogP contribution in [0.15, 0.2) is 108 Å². The van der Waals surface area contributed by atoms with Crippen molar-refractivity contribution >= 4 is 44.0 Å². The van der Waals surface area contributed by atoms with E-state index in [1.807, 2.05) is 13.0 Å². The summed E-state index contributed by atoms with van der Waals surface area (Å²) in [4.78, 5) is 15.0. The van der Waals surface area contributed by atoms with Gasteiger partial charge in [-0.3, -0.25) is 4.98 Å². The van der Waals surface area contributed by atoms with Crippen molar-refractivity contribution < 1.29 is 4.42 Å². The van der Waals surface area contributed by atoms with Crippen LogP contribution in [0.3, 0.4) is 0 Å². The maximum Gasteiger partial charge on any atom is 0.227 e. The molecule has 0 bridgehead atoms. The molecule has 0 saturated heterocycles. The summed E-state index contributed by atoms with van der Waals surface area (Å²) in [5, 5.41) is 3.12. The van der Waals surface area contributed by atoms with Gasteiger partial charge in [-0.2, -0.15) is 0 Å². The number of imidazole rings is 1. The molecule has 0 spiro atoms. The van der Waals surface area contributed by atoms with Crippen molar-refractivity contribution in [3.63, 3.8) is 0 Å². The number of aromatic nitrogens is 4. The van der Waals surface area contributed by atoms with E-state index in [-0.39, 0.29) is 0 Å². The molecule has 0 aliphatic heterocycles. The van der Waals surface area contributed by atoms with Crippen LogP contribution in [-0.4, -0.2) is 19.5 Å². The monoisotopic (exact) mass is 544 g/mol. The molecule has 0 amide bonds. The first-order valence-corrected chi connectivity index (χ1v) is 14.2. The highest BCUT2D eigenvalue weighted by Crippen LogP contribution is 2.39. The molecule has 42 heavy (non-hydrogen) atoms. The van der Waals surface area contributed by atoms with Gasteiger partial charge in [0, 0.05) is 34.0 Å². The average molecular weight is 545 g/mol. The summed E-state index contributed by atoms with van der Waals surface area (Å²) in [6.07, 6.45) is 0. The van der Waals surface area contributed by atoms with Gasteiger partial charge in [0.25, 0.3) is 0 Å². The Morgan fingerprint density at radius 3 is 2.21 bits per heavy atom. The van der Waals surface area contributed by atoms with Crippen molar-refractivity contribution in [2.45, 2.75) is 27.3 Å². The number of nitrogens with zero attached hydrogens (tertiary/aromatic N) is 4. The van der Waals surface area contributed by atoms with Crippen LogP contribution in [0, 0.1) is 20.8 Å². The van der Waals surface area contributed by atoms with Crippen molar-refractivity contribution in [3.8, 4) is 22.6 Å².